The van der Waals surface area contributed by atoms with E-state index in [2.05, 4.69) is 4.98 Å². The summed E-state index contributed by atoms with van der Waals surface area (Å²) in [4.78, 5) is 30.9. The van der Waals surface area contributed by atoms with Crippen molar-refractivity contribution in [2.75, 3.05) is 26.7 Å². The number of primary amides is 1. The van der Waals surface area contributed by atoms with Crippen LogP contribution in [0.5, 0.6) is 0 Å². The maximum absolute atomic E-state index is 12.2. The van der Waals surface area contributed by atoms with E-state index in [-0.39, 0.29) is 5.91 Å². The van der Waals surface area contributed by atoms with Crippen LogP contribution in [0.15, 0.2) is 24.5 Å². The number of pyridine rings is 1. The van der Waals surface area contributed by atoms with E-state index < -0.39 is 11.9 Å². The highest BCUT2D eigenvalue weighted by Gasteiger charge is 2.31. The molecule has 0 aliphatic carbocycles. The van der Waals surface area contributed by atoms with Gasteiger partial charge in [0.2, 0.25) is 5.91 Å². The third kappa shape index (κ3) is 2.48. The number of likely N-dealkylation sites (N-methyl/N-ethyl adjacent to an activating group) is 1. The number of carbonyl (C=O) groups excluding carboxylic acids is 2. The van der Waals surface area contributed by atoms with E-state index in [1.165, 1.54) is 6.20 Å². The number of aromatic nitrogens is 1. The monoisotopic (exact) mass is 248 g/mol. The van der Waals surface area contributed by atoms with Gasteiger partial charge in [0.25, 0.3) is 5.91 Å². The van der Waals surface area contributed by atoms with Gasteiger partial charge in [-0.1, -0.05) is 0 Å². The van der Waals surface area contributed by atoms with Gasteiger partial charge in [0.15, 0.2) is 0 Å². The molecule has 1 aromatic rings. The highest BCUT2D eigenvalue weighted by Crippen LogP contribution is 2.11. The highest BCUT2D eigenvalue weighted by atomic mass is 16.2. The maximum atomic E-state index is 12.2. The van der Waals surface area contributed by atoms with Crippen molar-refractivity contribution in [3.8, 4) is 0 Å². The molecule has 1 saturated heterocycles. The molecule has 96 valence electrons. The number of rotatable bonds is 2. The van der Waals surface area contributed by atoms with Crippen molar-refractivity contribution in [3.63, 3.8) is 0 Å². The normalized spacial score (nSPS) is 20.7. The van der Waals surface area contributed by atoms with Gasteiger partial charge in [-0.3, -0.25) is 19.5 Å². The standard InChI is InChI=1S/C12H16N4O2/c1-15-5-6-16(8-10(15)11(13)17)12(18)9-3-2-4-14-7-9/h2-4,7,10H,5-6,8H2,1H3,(H2,13,17)/t10-/m0/s1. The average Bonchev–Trinajstić information content (AvgIpc) is 2.39. The quantitative estimate of drug-likeness (QED) is 0.752. The summed E-state index contributed by atoms with van der Waals surface area (Å²) in [6, 6.07) is 3.02. The number of hydrogen-bond acceptors (Lipinski definition) is 4. The van der Waals surface area contributed by atoms with E-state index in [9.17, 15) is 9.59 Å². The molecule has 1 fully saturated rings. The Morgan fingerprint density at radius 1 is 1.44 bits per heavy atom. The zero-order valence-electron chi connectivity index (χ0n) is 10.2. The summed E-state index contributed by atoms with van der Waals surface area (Å²) in [6.07, 6.45) is 3.15. The van der Waals surface area contributed by atoms with Gasteiger partial charge in [-0.25, -0.2) is 0 Å². The van der Waals surface area contributed by atoms with Gasteiger partial charge in [0.05, 0.1) is 5.56 Å². The molecule has 2 N–H and O–H groups in total. The summed E-state index contributed by atoms with van der Waals surface area (Å²) in [5.41, 5.74) is 5.86. The zero-order chi connectivity index (χ0) is 13.1. The van der Waals surface area contributed by atoms with Crippen molar-refractivity contribution >= 4 is 11.8 Å². The Balaban J connectivity index is 2.11. The van der Waals surface area contributed by atoms with E-state index >= 15 is 0 Å². The van der Waals surface area contributed by atoms with E-state index in [0.717, 1.165) is 0 Å². The lowest BCUT2D eigenvalue weighted by molar-refractivity contribution is -0.124. The van der Waals surface area contributed by atoms with Crippen molar-refractivity contribution in [1.29, 1.82) is 0 Å². The molecule has 0 spiro atoms. The first-order chi connectivity index (χ1) is 8.59. The summed E-state index contributed by atoms with van der Waals surface area (Å²) in [6.45, 7) is 1.56. The Morgan fingerprint density at radius 2 is 2.22 bits per heavy atom. The van der Waals surface area contributed by atoms with Crippen LogP contribution in [-0.4, -0.2) is 59.3 Å². The van der Waals surface area contributed by atoms with Crippen LogP contribution < -0.4 is 5.73 Å². The number of carbonyl (C=O) groups is 2. The van der Waals surface area contributed by atoms with Crippen molar-refractivity contribution in [2.45, 2.75) is 6.04 Å². The first-order valence-corrected chi connectivity index (χ1v) is 5.78. The molecule has 0 radical (unpaired) electrons. The average molecular weight is 248 g/mol. The Labute approximate surface area is 105 Å². The summed E-state index contributed by atoms with van der Waals surface area (Å²) in [5.74, 6) is -0.511. The fourth-order valence-corrected chi connectivity index (χ4v) is 2.04. The molecule has 1 aliphatic rings. The van der Waals surface area contributed by atoms with Crippen molar-refractivity contribution < 1.29 is 9.59 Å². The summed E-state index contributed by atoms with van der Waals surface area (Å²) >= 11 is 0. The molecule has 6 heteroatoms. The molecule has 6 nitrogen and oxygen atoms in total. The lowest BCUT2D eigenvalue weighted by atomic mass is 10.1. The predicted molar refractivity (Wildman–Crippen MR) is 65.8 cm³/mol. The van der Waals surface area contributed by atoms with Crippen LogP contribution in [0.2, 0.25) is 0 Å². The lowest BCUT2D eigenvalue weighted by Crippen LogP contribution is -2.57. The first-order valence-electron chi connectivity index (χ1n) is 5.78. The Morgan fingerprint density at radius 3 is 2.83 bits per heavy atom. The molecule has 1 aliphatic heterocycles. The minimum absolute atomic E-state index is 0.109. The molecule has 0 aromatic carbocycles. The summed E-state index contributed by atoms with van der Waals surface area (Å²) in [7, 11) is 1.83. The van der Waals surface area contributed by atoms with E-state index in [1.54, 1.807) is 23.2 Å². The van der Waals surface area contributed by atoms with Crippen LogP contribution in [0, 0.1) is 0 Å². The van der Waals surface area contributed by atoms with Crippen LogP contribution in [0.25, 0.3) is 0 Å². The third-order valence-electron chi connectivity index (χ3n) is 3.17. The fraction of sp³-hybridized carbons (Fsp3) is 0.417. The SMILES string of the molecule is CN1CCN(C(=O)c2cccnc2)C[C@H]1C(N)=O. The molecule has 2 rings (SSSR count). The van der Waals surface area contributed by atoms with Gasteiger partial charge < -0.3 is 10.6 Å². The smallest absolute Gasteiger partial charge is 0.255 e. The van der Waals surface area contributed by atoms with Crippen LogP contribution in [0.4, 0.5) is 0 Å². The molecule has 0 bridgehead atoms. The fourth-order valence-electron chi connectivity index (χ4n) is 2.04. The Bertz CT molecular complexity index is 449. The lowest BCUT2D eigenvalue weighted by Gasteiger charge is -2.37. The number of hydrogen-bond donors (Lipinski definition) is 1. The molecule has 0 unspecified atom stereocenters. The second kappa shape index (κ2) is 5.14. The molecular weight excluding hydrogens is 232 g/mol. The van der Waals surface area contributed by atoms with Crippen molar-refractivity contribution in [2.24, 2.45) is 5.73 Å². The molecule has 0 saturated carbocycles. The number of amides is 2. The molecule has 18 heavy (non-hydrogen) atoms. The molecule has 2 amide bonds. The second-order valence-electron chi connectivity index (χ2n) is 4.39. The molecule has 2 heterocycles. The van der Waals surface area contributed by atoms with E-state index in [0.29, 0.717) is 25.2 Å². The van der Waals surface area contributed by atoms with Crippen LogP contribution in [-0.2, 0) is 4.79 Å². The summed E-state index contributed by atoms with van der Waals surface area (Å²) < 4.78 is 0. The second-order valence-corrected chi connectivity index (χ2v) is 4.39. The van der Waals surface area contributed by atoms with Crippen LogP contribution in [0.1, 0.15) is 10.4 Å². The minimum Gasteiger partial charge on any atom is -0.368 e. The zero-order valence-corrected chi connectivity index (χ0v) is 10.2. The first kappa shape index (κ1) is 12.5. The maximum Gasteiger partial charge on any atom is 0.255 e. The minimum atomic E-state index is -0.417. The van der Waals surface area contributed by atoms with E-state index in [1.807, 2.05) is 11.9 Å². The Kier molecular flexibility index (Phi) is 3.57. The predicted octanol–water partition coefficient (Wildman–Crippen LogP) is -0.677. The van der Waals surface area contributed by atoms with Gasteiger partial charge in [-0.15, -0.1) is 0 Å². The Hall–Kier alpha value is -1.95. The number of nitrogens with two attached hydrogens (primary N) is 1. The molecule has 1 aromatic heterocycles. The topological polar surface area (TPSA) is 79.5 Å². The van der Waals surface area contributed by atoms with Crippen LogP contribution >= 0.6 is 0 Å². The van der Waals surface area contributed by atoms with Crippen molar-refractivity contribution in [3.05, 3.63) is 30.1 Å². The molecule has 1 atom stereocenters. The third-order valence-corrected chi connectivity index (χ3v) is 3.17. The van der Waals surface area contributed by atoms with Gasteiger partial charge in [-0.2, -0.15) is 0 Å². The van der Waals surface area contributed by atoms with Gasteiger partial charge in [0.1, 0.15) is 6.04 Å². The van der Waals surface area contributed by atoms with Gasteiger partial charge in [-0.05, 0) is 19.2 Å². The van der Waals surface area contributed by atoms with Crippen molar-refractivity contribution in [1.82, 2.24) is 14.8 Å². The molecular formula is C12H16N4O2. The number of piperazine rings is 1. The highest BCUT2D eigenvalue weighted by molar-refractivity contribution is 5.94. The summed E-state index contributed by atoms with van der Waals surface area (Å²) in [5, 5.41) is 0. The van der Waals surface area contributed by atoms with Crippen LogP contribution in [0.3, 0.4) is 0 Å². The van der Waals surface area contributed by atoms with Gasteiger partial charge in [0, 0.05) is 32.0 Å². The number of nitrogens with zero attached hydrogens (tertiary/aromatic N) is 3. The largest absolute Gasteiger partial charge is 0.368 e. The van der Waals surface area contributed by atoms with Gasteiger partial charge >= 0.3 is 0 Å². The van der Waals surface area contributed by atoms with E-state index in [4.69, 9.17) is 5.73 Å².